The molecule has 0 radical (unpaired) electrons. The number of rotatable bonds is 7. The Kier molecular flexibility index (Phi) is 6.23. The maximum absolute atomic E-state index is 12.4. The highest BCUT2D eigenvalue weighted by atomic mass is 32.2. The average molecular weight is 405 g/mol. The van der Waals surface area contributed by atoms with Crippen molar-refractivity contribution in [3.8, 4) is 17.8 Å². The summed E-state index contributed by atoms with van der Waals surface area (Å²) in [6.07, 6.45) is 0. The Morgan fingerprint density at radius 1 is 1.07 bits per heavy atom. The molecule has 2 aromatic rings. The summed E-state index contributed by atoms with van der Waals surface area (Å²) in [5.74, 6) is -1.00. The molecule has 0 bridgehead atoms. The lowest BCUT2D eigenvalue weighted by Gasteiger charge is -2.12. The third-order valence-corrected chi connectivity index (χ3v) is 4.14. The number of carbonyl (C=O) groups is 1. The number of hydrogen-bond acceptors (Lipinski definition) is 9. The van der Waals surface area contributed by atoms with Gasteiger partial charge in [0.1, 0.15) is 10.6 Å². The average Bonchev–Trinajstić information content (AvgIpc) is 2.60. The van der Waals surface area contributed by atoms with Gasteiger partial charge in [0.05, 0.1) is 14.2 Å². The summed E-state index contributed by atoms with van der Waals surface area (Å²) in [6.45, 7) is -3.25. The molecule has 0 aliphatic heterocycles. The number of amides is 2. The van der Waals surface area contributed by atoms with E-state index < -0.39 is 33.3 Å². The minimum absolute atomic E-state index is 0.198. The number of urea groups is 1. The van der Waals surface area contributed by atoms with Crippen molar-refractivity contribution < 1.29 is 36.2 Å². The molecule has 2 rings (SSSR count). The smallest absolute Gasteiger partial charge is 0.387 e. The number of aromatic nitrogens is 3. The van der Waals surface area contributed by atoms with Crippen molar-refractivity contribution in [1.82, 2.24) is 19.7 Å². The van der Waals surface area contributed by atoms with E-state index in [4.69, 9.17) is 9.47 Å². The number of hydrogen-bond donors (Lipinski definition) is 2. The SMILES string of the molecule is COc1nc(NC(=O)NS(=O)(=O)c2ccccc2OC(F)F)nc(OC)n1. The van der Waals surface area contributed by atoms with Crippen LogP contribution < -0.4 is 24.2 Å². The second-order valence-corrected chi connectivity index (χ2v) is 6.17. The Bertz CT molecular complexity index is 905. The molecule has 14 heteroatoms. The minimum Gasteiger partial charge on any atom is -0.467 e. The van der Waals surface area contributed by atoms with Crippen LogP contribution in [0.4, 0.5) is 19.5 Å². The predicted octanol–water partition coefficient (Wildman–Crippen LogP) is 1.00. The van der Waals surface area contributed by atoms with Crippen LogP contribution in [0.1, 0.15) is 0 Å². The number of nitrogens with one attached hydrogen (secondary N) is 2. The minimum atomic E-state index is -4.54. The van der Waals surface area contributed by atoms with Crippen LogP contribution in [0, 0.1) is 0 Å². The number of methoxy groups -OCH3 is 2. The molecule has 146 valence electrons. The highest BCUT2D eigenvalue weighted by Crippen LogP contribution is 2.24. The van der Waals surface area contributed by atoms with E-state index in [0.717, 1.165) is 12.1 Å². The van der Waals surface area contributed by atoms with Gasteiger partial charge in [-0.25, -0.2) is 17.9 Å². The van der Waals surface area contributed by atoms with Crippen molar-refractivity contribution in [2.45, 2.75) is 11.5 Å². The third-order valence-electron chi connectivity index (χ3n) is 2.77. The normalized spacial score (nSPS) is 11.0. The molecule has 1 aromatic heterocycles. The van der Waals surface area contributed by atoms with Crippen LogP contribution in [0.15, 0.2) is 29.2 Å². The highest BCUT2D eigenvalue weighted by Gasteiger charge is 2.24. The van der Waals surface area contributed by atoms with E-state index in [-0.39, 0.29) is 18.0 Å². The summed E-state index contributed by atoms with van der Waals surface area (Å²) < 4.78 is 64.7. The van der Waals surface area contributed by atoms with Gasteiger partial charge >= 0.3 is 24.7 Å². The van der Waals surface area contributed by atoms with Crippen molar-refractivity contribution in [3.05, 3.63) is 24.3 Å². The lowest BCUT2D eigenvalue weighted by Crippen LogP contribution is -2.35. The van der Waals surface area contributed by atoms with E-state index >= 15 is 0 Å². The van der Waals surface area contributed by atoms with Crippen LogP contribution in [0.25, 0.3) is 0 Å². The van der Waals surface area contributed by atoms with Gasteiger partial charge < -0.3 is 14.2 Å². The highest BCUT2D eigenvalue weighted by molar-refractivity contribution is 7.90. The number of nitrogens with zero attached hydrogens (tertiary/aromatic N) is 3. The molecule has 1 heterocycles. The summed E-state index contributed by atoms with van der Waals surface area (Å²) in [5.41, 5.74) is 0. The first-order chi connectivity index (χ1) is 12.7. The number of benzene rings is 1. The summed E-state index contributed by atoms with van der Waals surface area (Å²) in [6, 6.07) is 2.90. The van der Waals surface area contributed by atoms with Gasteiger partial charge in [0.15, 0.2) is 0 Å². The van der Waals surface area contributed by atoms with Crippen molar-refractivity contribution in [2.24, 2.45) is 0 Å². The zero-order valence-electron chi connectivity index (χ0n) is 13.8. The first-order valence-electron chi connectivity index (χ1n) is 6.97. The lowest BCUT2D eigenvalue weighted by molar-refractivity contribution is -0.0517. The number of para-hydroxylation sites is 1. The van der Waals surface area contributed by atoms with Crippen molar-refractivity contribution in [2.75, 3.05) is 19.5 Å². The van der Waals surface area contributed by atoms with Gasteiger partial charge in [-0.2, -0.15) is 18.7 Å². The number of ether oxygens (including phenoxy) is 3. The molecule has 11 nitrogen and oxygen atoms in total. The molecule has 0 aliphatic carbocycles. The number of sulfonamides is 1. The van der Waals surface area contributed by atoms with E-state index in [1.54, 1.807) is 4.72 Å². The Morgan fingerprint density at radius 3 is 2.22 bits per heavy atom. The fraction of sp³-hybridized carbons (Fsp3) is 0.231. The fourth-order valence-electron chi connectivity index (χ4n) is 1.75. The van der Waals surface area contributed by atoms with E-state index in [9.17, 15) is 22.0 Å². The van der Waals surface area contributed by atoms with Crippen molar-refractivity contribution in [3.63, 3.8) is 0 Å². The Labute approximate surface area is 151 Å². The molecule has 0 saturated carbocycles. The van der Waals surface area contributed by atoms with E-state index in [1.165, 1.54) is 26.4 Å². The van der Waals surface area contributed by atoms with Gasteiger partial charge in [0.2, 0.25) is 5.95 Å². The summed E-state index contributed by atoms with van der Waals surface area (Å²) in [5, 5.41) is 2.04. The number of carbonyl (C=O) groups excluding carboxylic acids is 1. The van der Waals surface area contributed by atoms with Gasteiger partial charge in [-0.15, -0.1) is 4.98 Å². The second kappa shape index (κ2) is 8.39. The van der Waals surface area contributed by atoms with E-state index in [0.29, 0.717) is 0 Å². The van der Waals surface area contributed by atoms with E-state index in [1.807, 2.05) is 5.32 Å². The van der Waals surface area contributed by atoms with Gasteiger partial charge in [0.25, 0.3) is 10.0 Å². The molecule has 1 aromatic carbocycles. The Hall–Kier alpha value is -3.29. The topological polar surface area (TPSA) is 142 Å². The standard InChI is InChI=1S/C13H13F2N5O6S/c1-24-12-17-10(18-13(19-12)25-2)16-11(21)20-27(22,23)8-6-4-3-5-7(8)26-9(14)15/h3-6,9H,1-2H3,(H2,16,17,18,19,20,21). The van der Waals surface area contributed by atoms with Crippen LogP contribution in [0.2, 0.25) is 0 Å². The van der Waals surface area contributed by atoms with Crippen LogP contribution in [-0.4, -0.2) is 50.2 Å². The number of anilines is 1. The molecule has 27 heavy (non-hydrogen) atoms. The largest absolute Gasteiger partial charge is 0.467 e. The summed E-state index contributed by atoms with van der Waals surface area (Å²) in [4.78, 5) is 22.4. The molecule has 0 saturated heterocycles. The number of halogens is 2. The van der Waals surface area contributed by atoms with Gasteiger partial charge in [-0.05, 0) is 12.1 Å². The monoisotopic (exact) mass is 405 g/mol. The van der Waals surface area contributed by atoms with Crippen LogP contribution in [-0.2, 0) is 10.0 Å². The fourth-order valence-corrected chi connectivity index (χ4v) is 2.79. The molecule has 2 N–H and O–H groups in total. The quantitative estimate of drug-likeness (QED) is 0.690. The van der Waals surface area contributed by atoms with Crippen LogP contribution in [0.5, 0.6) is 17.8 Å². The summed E-state index contributed by atoms with van der Waals surface area (Å²) >= 11 is 0. The molecule has 0 unspecified atom stereocenters. The summed E-state index contributed by atoms with van der Waals surface area (Å²) in [7, 11) is -2.04. The first kappa shape index (κ1) is 20.0. The number of alkyl halides is 2. The molecule has 0 aliphatic rings. The maximum Gasteiger partial charge on any atom is 0.387 e. The second-order valence-electron chi connectivity index (χ2n) is 4.52. The Morgan fingerprint density at radius 2 is 1.67 bits per heavy atom. The molecule has 2 amide bonds. The molecule has 0 fully saturated rings. The van der Waals surface area contributed by atoms with Crippen molar-refractivity contribution >= 4 is 22.0 Å². The zero-order valence-corrected chi connectivity index (χ0v) is 14.7. The predicted molar refractivity (Wildman–Crippen MR) is 85.3 cm³/mol. The van der Waals surface area contributed by atoms with Crippen LogP contribution in [0.3, 0.4) is 0 Å². The first-order valence-corrected chi connectivity index (χ1v) is 8.45. The van der Waals surface area contributed by atoms with E-state index in [2.05, 4.69) is 19.7 Å². The molecular weight excluding hydrogens is 392 g/mol. The van der Waals surface area contributed by atoms with Gasteiger partial charge in [-0.3, -0.25) is 5.32 Å². The zero-order chi connectivity index (χ0) is 20.0. The van der Waals surface area contributed by atoms with Gasteiger partial charge in [0, 0.05) is 0 Å². The molecule has 0 atom stereocenters. The molecular formula is C13H13F2N5O6S. The van der Waals surface area contributed by atoms with Gasteiger partial charge in [-0.1, -0.05) is 12.1 Å². The Balaban J connectivity index is 2.20. The van der Waals surface area contributed by atoms with Crippen molar-refractivity contribution in [1.29, 1.82) is 0 Å². The lowest BCUT2D eigenvalue weighted by atomic mass is 10.3. The third kappa shape index (κ3) is 5.34. The maximum atomic E-state index is 12.4. The van der Waals surface area contributed by atoms with Crippen LogP contribution >= 0.6 is 0 Å². The molecule has 0 spiro atoms.